The maximum atomic E-state index is 13.1. The summed E-state index contributed by atoms with van der Waals surface area (Å²) in [6.07, 6.45) is 18.1. The molecule has 8 aromatic heterocycles. The first kappa shape index (κ1) is 45.0. The largest absolute Gasteiger partial charge is 0.432 e. The fourth-order valence-corrected chi connectivity index (χ4v) is 8.54. The van der Waals surface area contributed by atoms with Gasteiger partial charge in [0.1, 0.15) is 52.7 Å². The fraction of sp³-hybridized carbons (Fsp3) is 0.333. The topological polar surface area (TPSA) is 269 Å². The minimum atomic E-state index is -0.363. The number of ketones is 1. The van der Waals surface area contributed by atoms with Crippen LogP contribution in [0.15, 0.2) is 105 Å². The molecule has 0 saturated heterocycles. The van der Waals surface area contributed by atoms with Crippen LogP contribution in [0.3, 0.4) is 0 Å². The zero-order valence-corrected chi connectivity index (χ0v) is 37.6. The summed E-state index contributed by atoms with van der Waals surface area (Å²) in [5.41, 5.74) is 1.40. The molecule has 2 aliphatic carbocycles. The number of amides is 1. The van der Waals surface area contributed by atoms with Crippen molar-refractivity contribution in [2.75, 3.05) is 49.6 Å². The highest BCUT2D eigenvalue weighted by Crippen LogP contribution is 2.32. The summed E-state index contributed by atoms with van der Waals surface area (Å²) in [4.78, 5) is 69.2. The van der Waals surface area contributed by atoms with Crippen molar-refractivity contribution in [3.05, 3.63) is 118 Å². The molecule has 0 aliphatic heterocycles. The SMILES string of the molecule is CNc1cc(Nc2cccn(-c3ncco3)c2=O)nc2c(C(=O)C[C@H]3CC[C@H](OC)C3)cnn12.CNc1cc(Nc2cccn(-c3ncco3)c2=O)nc2c(C(=O)N[C@@H]3CC[C@@H](OC)C3)cnn12. The maximum absolute atomic E-state index is 13.1. The summed E-state index contributed by atoms with van der Waals surface area (Å²) in [6.45, 7) is 0. The number of anilines is 6. The number of methoxy groups -OCH3 is 2. The molecule has 5 N–H and O–H groups in total. The number of ether oxygens (including phenoxy) is 2. The molecule has 23 nitrogen and oxygen atoms in total. The van der Waals surface area contributed by atoms with E-state index in [0.29, 0.717) is 52.1 Å². The van der Waals surface area contributed by atoms with Gasteiger partial charge in [-0.05, 0) is 68.7 Å². The molecular weight excluding hydrogens is 879 g/mol. The second-order valence-corrected chi connectivity index (χ2v) is 16.2. The van der Waals surface area contributed by atoms with E-state index in [1.165, 1.54) is 40.3 Å². The molecule has 8 heterocycles. The smallest absolute Gasteiger partial charge is 0.308 e. The van der Waals surface area contributed by atoms with Crippen molar-refractivity contribution < 1.29 is 27.9 Å². The summed E-state index contributed by atoms with van der Waals surface area (Å²) in [5, 5.41) is 24.0. The molecule has 0 spiro atoms. The predicted octanol–water partition coefficient (Wildman–Crippen LogP) is 4.99. The number of hydrogen-bond donors (Lipinski definition) is 5. The van der Waals surface area contributed by atoms with E-state index in [4.69, 9.17) is 18.3 Å². The summed E-state index contributed by atoms with van der Waals surface area (Å²) in [6, 6.07) is 10.4. The third-order valence-electron chi connectivity index (χ3n) is 12.0. The van der Waals surface area contributed by atoms with E-state index in [1.807, 2.05) is 0 Å². The van der Waals surface area contributed by atoms with Gasteiger partial charge in [0, 0.05) is 65.3 Å². The van der Waals surface area contributed by atoms with Gasteiger partial charge in [-0.3, -0.25) is 19.2 Å². The minimum Gasteiger partial charge on any atom is -0.432 e. The Hall–Kier alpha value is -8.18. The lowest BCUT2D eigenvalue weighted by molar-refractivity contribution is 0.0911. The van der Waals surface area contributed by atoms with E-state index < -0.39 is 0 Å². The number of pyridine rings is 2. The molecule has 2 saturated carbocycles. The number of fused-ring (bicyclic) bond motifs is 2. The van der Waals surface area contributed by atoms with Crippen LogP contribution in [0.25, 0.3) is 23.3 Å². The van der Waals surface area contributed by atoms with Gasteiger partial charge in [-0.25, -0.2) is 29.1 Å². The van der Waals surface area contributed by atoms with Crippen molar-refractivity contribution in [2.45, 2.75) is 63.2 Å². The Morgan fingerprint density at radius 3 is 1.75 bits per heavy atom. The number of carbonyl (C=O) groups is 2. The number of aromatic nitrogens is 10. The minimum absolute atomic E-state index is 0.00517. The number of hydrogen-bond acceptors (Lipinski definition) is 18. The van der Waals surface area contributed by atoms with Crippen LogP contribution in [0.1, 0.15) is 65.7 Å². The van der Waals surface area contributed by atoms with Crippen molar-refractivity contribution in [1.82, 2.24) is 53.6 Å². The first-order valence-electron chi connectivity index (χ1n) is 21.9. The number of nitrogens with zero attached hydrogens (tertiary/aromatic N) is 10. The van der Waals surface area contributed by atoms with Gasteiger partial charge in [0.15, 0.2) is 17.1 Å². The number of Topliss-reactive ketones (excluding diaryl/α,β-unsaturated/α-hetero) is 1. The van der Waals surface area contributed by atoms with E-state index in [1.54, 1.807) is 92.3 Å². The normalized spacial score (nSPS) is 17.8. The molecule has 0 aromatic carbocycles. The van der Waals surface area contributed by atoms with Gasteiger partial charge >= 0.3 is 12.0 Å². The summed E-state index contributed by atoms with van der Waals surface area (Å²) in [7, 11) is 6.89. The lowest BCUT2D eigenvalue weighted by Crippen LogP contribution is -2.33. The van der Waals surface area contributed by atoms with Gasteiger partial charge in [-0.2, -0.15) is 19.2 Å². The third kappa shape index (κ3) is 9.28. The van der Waals surface area contributed by atoms with Crippen LogP contribution >= 0.6 is 0 Å². The Morgan fingerprint density at radius 1 is 0.721 bits per heavy atom. The standard InChI is InChI=1S/C23H25N7O4.C22H24N8O4/c1-24-20-12-19(27-17-4-3-8-29(22(17)32)23-25-7-9-34-23)28-21-16(13-26-30(20)21)18(31)11-14-5-6-15(10-14)33-2;1-23-18-11-17(27-16-4-3-8-29(21(16)32)22-24-7-9-34-22)28-19-15(12-25-30(18)19)20(31)26-13-5-6-14(10-13)33-2/h3-4,7-9,12-15,24H,5-6,10-11H2,1-2H3,(H,27,28);3-4,7-9,11-14,23H,5-6,10H2,1-2H3,(H,26,31)(H,27,28)/t14-,15-;13-,14-/m01/s1. The van der Waals surface area contributed by atoms with Crippen molar-refractivity contribution >= 4 is 57.6 Å². The average Bonchev–Trinajstić information content (AvgIpc) is 4.21. The van der Waals surface area contributed by atoms with Crippen LogP contribution in [-0.2, 0) is 9.47 Å². The second kappa shape index (κ2) is 19.7. The van der Waals surface area contributed by atoms with E-state index in [0.717, 1.165) is 38.5 Å². The third-order valence-corrected chi connectivity index (χ3v) is 12.0. The van der Waals surface area contributed by atoms with Crippen LogP contribution < -0.4 is 37.7 Å². The molecule has 4 atom stereocenters. The Labute approximate surface area is 386 Å². The Morgan fingerprint density at radius 2 is 1.25 bits per heavy atom. The Balaban J connectivity index is 0.000000170. The van der Waals surface area contributed by atoms with Crippen LogP contribution in [0, 0.1) is 5.92 Å². The molecule has 23 heteroatoms. The highest BCUT2D eigenvalue weighted by atomic mass is 16.5. The number of nitrogens with one attached hydrogen (secondary N) is 5. The van der Waals surface area contributed by atoms with Crippen molar-refractivity contribution in [2.24, 2.45) is 5.92 Å². The summed E-state index contributed by atoms with van der Waals surface area (Å²) < 4.78 is 27.0. The molecule has 2 aliphatic rings. The Kier molecular flexibility index (Phi) is 13.1. The molecule has 2 fully saturated rings. The summed E-state index contributed by atoms with van der Waals surface area (Å²) >= 11 is 0. The molecule has 0 bridgehead atoms. The number of rotatable bonds is 15. The quantitative estimate of drug-likeness (QED) is 0.0847. The molecule has 0 radical (unpaired) electrons. The van der Waals surface area contributed by atoms with Gasteiger partial charge in [-0.1, -0.05) is 0 Å². The summed E-state index contributed by atoms with van der Waals surface area (Å²) in [5.74, 6) is 2.01. The zero-order valence-electron chi connectivity index (χ0n) is 37.6. The van der Waals surface area contributed by atoms with Crippen molar-refractivity contribution in [3.63, 3.8) is 0 Å². The highest BCUT2D eigenvalue weighted by molar-refractivity contribution is 6.02. The van der Waals surface area contributed by atoms with E-state index in [-0.39, 0.29) is 70.4 Å². The predicted molar refractivity (Wildman–Crippen MR) is 249 cm³/mol. The van der Waals surface area contributed by atoms with Crippen LogP contribution in [-0.4, -0.2) is 107 Å². The fourth-order valence-electron chi connectivity index (χ4n) is 8.54. The molecule has 0 unspecified atom stereocenters. The molecule has 8 aromatic rings. The molecule has 68 heavy (non-hydrogen) atoms. The Bertz CT molecular complexity index is 2970. The van der Waals surface area contributed by atoms with Crippen LogP contribution in [0.5, 0.6) is 0 Å². The lowest BCUT2D eigenvalue weighted by Gasteiger charge is -2.13. The van der Waals surface area contributed by atoms with E-state index in [9.17, 15) is 19.2 Å². The van der Waals surface area contributed by atoms with Gasteiger partial charge in [-0.15, -0.1) is 0 Å². The van der Waals surface area contributed by atoms with Gasteiger partial charge in [0.2, 0.25) is 0 Å². The van der Waals surface area contributed by atoms with Crippen molar-refractivity contribution in [3.8, 4) is 12.0 Å². The molecular formula is C45H49N15O8. The van der Waals surface area contributed by atoms with Gasteiger partial charge in [0.05, 0.1) is 42.6 Å². The first-order chi connectivity index (χ1) is 33.1. The average molecular weight is 928 g/mol. The highest BCUT2D eigenvalue weighted by Gasteiger charge is 2.29. The molecule has 10 rings (SSSR count). The van der Waals surface area contributed by atoms with E-state index >= 15 is 0 Å². The van der Waals surface area contributed by atoms with E-state index in [2.05, 4.69) is 56.7 Å². The lowest BCUT2D eigenvalue weighted by atomic mass is 9.98. The van der Waals surface area contributed by atoms with Crippen molar-refractivity contribution in [1.29, 1.82) is 0 Å². The maximum Gasteiger partial charge on any atom is 0.308 e. The van der Waals surface area contributed by atoms with Crippen LogP contribution in [0.4, 0.5) is 34.6 Å². The zero-order chi connectivity index (χ0) is 47.3. The number of oxazole rings is 2. The first-order valence-corrected chi connectivity index (χ1v) is 21.9. The van der Waals surface area contributed by atoms with Gasteiger partial charge in [0.25, 0.3) is 17.0 Å². The van der Waals surface area contributed by atoms with Crippen LogP contribution in [0.2, 0.25) is 0 Å². The monoisotopic (exact) mass is 927 g/mol. The molecule has 1 amide bonds. The number of carbonyl (C=O) groups excluding carboxylic acids is 2. The second-order valence-electron chi connectivity index (χ2n) is 16.2. The molecule has 352 valence electrons. The van der Waals surface area contributed by atoms with Gasteiger partial charge < -0.3 is 44.9 Å².